The van der Waals surface area contributed by atoms with Crippen LogP contribution in [0.1, 0.15) is 49.1 Å². The van der Waals surface area contributed by atoms with Gasteiger partial charge in [0.25, 0.3) is 11.8 Å². The number of hydrogen-bond donors (Lipinski definition) is 2. The van der Waals surface area contributed by atoms with Gasteiger partial charge in [0.2, 0.25) is 0 Å². The lowest BCUT2D eigenvalue weighted by atomic mass is 9.94. The number of hydrogen-bond acceptors (Lipinski definition) is 5. The van der Waals surface area contributed by atoms with E-state index in [9.17, 15) is 9.59 Å². The highest BCUT2D eigenvalue weighted by Gasteiger charge is 2.37. The highest BCUT2D eigenvalue weighted by molar-refractivity contribution is 5.99. The Kier molecular flexibility index (Phi) is 4.47. The summed E-state index contributed by atoms with van der Waals surface area (Å²) in [6.45, 7) is 2.33. The van der Waals surface area contributed by atoms with Gasteiger partial charge in [0.05, 0.1) is 6.04 Å². The molecule has 8 nitrogen and oxygen atoms in total. The number of amides is 2. The van der Waals surface area contributed by atoms with Gasteiger partial charge in [-0.1, -0.05) is 24.3 Å². The number of primary amides is 1. The quantitative estimate of drug-likeness (QED) is 0.523. The second kappa shape index (κ2) is 7.32. The van der Waals surface area contributed by atoms with Crippen molar-refractivity contribution >= 4 is 22.8 Å². The Balaban J connectivity index is 1.56. The van der Waals surface area contributed by atoms with E-state index in [0.29, 0.717) is 18.5 Å². The zero-order chi connectivity index (χ0) is 21.5. The molecule has 1 aliphatic rings. The molecular formula is C23H20N6O2. The summed E-state index contributed by atoms with van der Waals surface area (Å²) in [5.74, 6) is -0.609. The molecule has 0 fully saturated rings. The summed E-state index contributed by atoms with van der Waals surface area (Å²) < 4.78 is 0. The van der Waals surface area contributed by atoms with Crippen molar-refractivity contribution in [1.82, 2.24) is 25.3 Å². The summed E-state index contributed by atoms with van der Waals surface area (Å²) in [5, 5.41) is 10.8. The van der Waals surface area contributed by atoms with E-state index in [1.807, 2.05) is 60.4 Å². The largest absolute Gasteiger partial charge is 0.364 e. The zero-order valence-electron chi connectivity index (χ0n) is 16.9. The molecular weight excluding hydrogens is 392 g/mol. The molecule has 2 amide bonds. The molecule has 3 N–H and O–H groups in total. The summed E-state index contributed by atoms with van der Waals surface area (Å²) in [6.07, 6.45) is 2.03. The van der Waals surface area contributed by atoms with Crippen LogP contribution < -0.4 is 5.73 Å². The van der Waals surface area contributed by atoms with Gasteiger partial charge in [-0.3, -0.25) is 14.6 Å². The number of aromatic amines is 1. The van der Waals surface area contributed by atoms with Crippen LogP contribution in [-0.2, 0) is 13.0 Å². The third-order valence-corrected chi connectivity index (χ3v) is 5.84. The third-order valence-electron chi connectivity index (χ3n) is 5.84. The molecule has 1 aliphatic heterocycles. The average molecular weight is 412 g/mol. The van der Waals surface area contributed by atoms with Crippen LogP contribution in [0.15, 0.2) is 54.7 Å². The predicted octanol–water partition coefficient (Wildman–Crippen LogP) is 2.70. The number of pyridine rings is 1. The Morgan fingerprint density at radius 3 is 2.77 bits per heavy atom. The van der Waals surface area contributed by atoms with Crippen LogP contribution in [0.4, 0.5) is 0 Å². The minimum Gasteiger partial charge on any atom is -0.364 e. The van der Waals surface area contributed by atoms with Crippen molar-refractivity contribution in [2.24, 2.45) is 5.73 Å². The zero-order valence-corrected chi connectivity index (χ0v) is 16.9. The maximum atomic E-state index is 13.3. The third kappa shape index (κ3) is 3.22. The van der Waals surface area contributed by atoms with Crippen LogP contribution in [0.3, 0.4) is 0 Å². The fraction of sp³-hybridized carbons (Fsp3) is 0.174. The summed E-state index contributed by atoms with van der Waals surface area (Å²) >= 11 is 0. The number of rotatable bonds is 5. The van der Waals surface area contributed by atoms with Gasteiger partial charge in [0, 0.05) is 18.3 Å². The van der Waals surface area contributed by atoms with Gasteiger partial charge < -0.3 is 10.6 Å². The van der Waals surface area contributed by atoms with Gasteiger partial charge in [0.1, 0.15) is 16.7 Å². The van der Waals surface area contributed by atoms with Gasteiger partial charge in [-0.2, -0.15) is 15.4 Å². The van der Waals surface area contributed by atoms with E-state index in [4.69, 9.17) is 5.73 Å². The van der Waals surface area contributed by atoms with Crippen LogP contribution in [0.5, 0.6) is 0 Å². The molecule has 0 radical (unpaired) electrons. The summed E-state index contributed by atoms with van der Waals surface area (Å²) in [7, 11) is 0. The molecule has 5 rings (SSSR count). The van der Waals surface area contributed by atoms with Crippen LogP contribution >= 0.6 is 0 Å². The predicted molar refractivity (Wildman–Crippen MR) is 114 cm³/mol. The first-order chi connectivity index (χ1) is 15.0. The molecule has 3 heterocycles. The lowest BCUT2D eigenvalue weighted by Crippen LogP contribution is -2.30. The Hall–Kier alpha value is -4.07. The van der Waals surface area contributed by atoms with Gasteiger partial charge in [-0.15, -0.1) is 0 Å². The molecule has 8 heteroatoms. The summed E-state index contributed by atoms with van der Waals surface area (Å²) in [6, 6.07) is 15.0. The van der Waals surface area contributed by atoms with Crippen molar-refractivity contribution in [1.29, 1.82) is 0 Å². The SMILES string of the molecule is Cc1ccnc(C(N)=O)c1CC1c2ccccc2C(=O)N1Cc1ccc2n[nH]nc2c1. The van der Waals surface area contributed by atoms with Crippen molar-refractivity contribution in [3.05, 3.63) is 88.2 Å². The first kappa shape index (κ1) is 18.9. The molecule has 1 atom stereocenters. The van der Waals surface area contributed by atoms with Crippen molar-refractivity contribution in [3.8, 4) is 0 Å². The normalized spacial score (nSPS) is 15.5. The molecule has 154 valence electrons. The molecule has 2 aromatic carbocycles. The van der Waals surface area contributed by atoms with E-state index in [2.05, 4.69) is 20.4 Å². The molecule has 2 aromatic heterocycles. The van der Waals surface area contributed by atoms with E-state index in [-0.39, 0.29) is 17.6 Å². The van der Waals surface area contributed by atoms with Crippen molar-refractivity contribution in [2.45, 2.75) is 25.9 Å². The number of fused-ring (bicyclic) bond motifs is 2. The lowest BCUT2D eigenvalue weighted by Gasteiger charge is -2.26. The maximum absolute atomic E-state index is 13.3. The Bertz CT molecular complexity index is 1330. The fourth-order valence-corrected chi connectivity index (χ4v) is 4.28. The fourth-order valence-electron chi connectivity index (χ4n) is 4.28. The molecule has 4 aromatic rings. The number of aromatic nitrogens is 4. The molecule has 0 aliphatic carbocycles. The average Bonchev–Trinajstić information content (AvgIpc) is 3.33. The standard InChI is InChI=1S/C23H20N6O2/c1-13-8-9-25-21(22(24)30)17(13)11-20-15-4-2-3-5-16(15)23(31)29(20)12-14-6-7-18-19(10-14)27-28-26-18/h2-10,20H,11-12H2,1H3,(H2,24,30)(H,26,27,28). The van der Waals surface area contributed by atoms with Crippen molar-refractivity contribution in [3.63, 3.8) is 0 Å². The van der Waals surface area contributed by atoms with Gasteiger partial charge in [0.15, 0.2) is 0 Å². The smallest absolute Gasteiger partial charge is 0.267 e. The minimum absolute atomic E-state index is 0.0389. The van der Waals surface area contributed by atoms with E-state index in [0.717, 1.165) is 33.3 Å². The van der Waals surface area contributed by atoms with Gasteiger partial charge in [-0.25, -0.2) is 0 Å². The highest BCUT2D eigenvalue weighted by Crippen LogP contribution is 2.38. The highest BCUT2D eigenvalue weighted by atomic mass is 16.2. The number of aryl methyl sites for hydroxylation is 1. The number of nitrogens with one attached hydrogen (secondary N) is 1. The number of nitrogens with two attached hydrogens (primary N) is 1. The molecule has 31 heavy (non-hydrogen) atoms. The van der Waals surface area contributed by atoms with Crippen LogP contribution in [0, 0.1) is 6.92 Å². The number of nitrogens with zero attached hydrogens (tertiary/aromatic N) is 4. The number of benzene rings is 2. The Morgan fingerprint density at radius 2 is 1.94 bits per heavy atom. The second-order valence-electron chi connectivity index (χ2n) is 7.71. The van der Waals surface area contributed by atoms with Crippen LogP contribution in [0.25, 0.3) is 11.0 Å². The summed E-state index contributed by atoms with van der Waals surface area (Å²) in [4.78, 5) is 31.3. The van der Waals surface area contributed by atoms with E-state index in [1.54, 1.807) is 6.20 Å². The van der Waals surface area contributed by atoms with E-state index < -0.39 is 5.91 Å². The van der Waals surface area contributed by atoms with E-state index in [1.165, 1.54) is 0 Å². The number of H-pyrrole nitrogens is 1. The lowest BCUT2D eigenvalue weighted by molar-refractivity contribution is 0.0709. The van der Waals surface area contributed by atoms with Gasteiger partial charge in [-0.05, 0) is 59.9 Å². The monoisotopic (exact) mass is 412 g/mol. The Morgan fingerprint density at radius 1 is 1.13 bits per heavy atom. The van der Waals surface area contributed by atoms with Crippen LogP contribution in [0.2, 0.25) is 0 Å². The molecule has 0 saturated carbocycles. The van der Waals surface area contributed by atoms with Crippen molar-refractivity contribution < 1.29 is 9.59 Å². The van der Waals surface area contributed by atoms with Gasteiger partial charge >= 0.3 is 0 Å². The second-order valence-corrected chi connectivity index (χ2v) is 7.71. The first-order valence-corrected chi connectivity index (χ1v) is 9.96. The molecule has 0 spiro atoms. The van der Waals surface area contributed by atoms with Crippen LogP contribution in [-0.4, -0.2) is 37.1 Å². The topological polar surface area (TPSA) is 118 Å². The van der Waals surface area contributed by atoms with Crippen molar-refractivity contribution in [2.75, 3.05) is 0 Å². The molecule has 0 saturated heterocycles. The number of carbonyl (C=O) groups excluding carboxylic acids is 2. The summed E-state index contributed by atoms with van der Waals surface area (Å²) in [5.41, 5.74) is 11.6. The maximum Gasteiger partial charge on any atom is 0.267 e. The molecule has 0 bridgehead atoms. The minimum atomic E-state index is -0.570. The number of carbonyl (C=O) groups is 2. The van der Waals surface area contributed by atoms with E-state index >= 15 is 0 Å². The Labute approximate surface area is 178 Å². The first-order valence-electron chi connectivity index (χ1n) is 9.96. The molecule has 1 unspecified atom stereocenters.